The highest BCUT2D eigenvalue weighted by Crippen LogP contribution is 2.35. The summed E-state index contributed by atoms with van der Waals surface area (Å²) in [6, 6.07) is 13.2. The minimum Gasteiger partial charge on any atom is -0.0614 e. The number of hydrogen-bond donors (Lipinski definition) is 0. The van der Waals surface area contributed by atoms with Crippen molar-refractivity contribution >= 4 is 21.5 Å². The molecule has 0 heterocycles. The monoisotopic (exact) mass is 234 g/mol. The normalized spacial score (nSPS) is 11.3. The van der Waals surface area contributed by atoms with E-state index in [2.05, 4.69) is 64.1 Å². The van der Waals surface area contributed by atoms with Gasteiger partial charge in [0.25, 0.3) is 0 Å². The van der Waals surface area contributed by atoms with Crippen molar-refractivity contribution in [3.05, 3.63) is 58.7 Å². The van der Waals surface area contributed by atoms with Gasteiger partial charge in [0.15, 0.2) is 0 Å². The molecule has 0 aliphatic rings. The summed E-state index contributed by atoms with van der Waals surface area (Å²) in [5.74, 6) is 0. The van der Waals surface area contributed by atoms with Crippen LogP contribution in [-0.4, -0.2) is 0 Å². The first-order valence-corrected chi connectivity index (χ1v) is 6.49. The fourth-order valence-electron chi connectivity index (χ4n) is 3.23. The number of benzene rings is 3. The van der Waals surface area contributed by atoms with Crippen molar-refractivity contribution in [2.24, 2.45) is 0 Å². The van der Waals surface area contributed by atoms with Gasteiger partial charge in [-0.3, -0.25) is 0 Å². The maximum Gasteiger partial charge on any atom is -0.0116 e. The van der Waals surface area contributed by atoms with Gasteiger partial charge in [0.1, 0.15) is 0 Å². The van der Waals surface area contributed by atoms with E-state index in [0.29, 0.717) is 0 Å². The average Bonchev–Trinajstić information content (AvgIpc) is 2.35. The Morgan fingerprint density at radius 1 is 0.556 bits per heavy atom. The molecule has 0 saturated carbocycles. The van der Waals surface area contributed by atoms with Gasteiger partial charge in [-0.1, -0.05) is 36.4 Å². The molecule has 0 nitrogen and oxygen atoms in total. The molecule has 0 aliphatic carbocycles. The van der Waals surface area contributed by atoms with Crippen molar-refractivity contribution in [3.63, 3.8) is 0 Å². The molecular formula is C18H18. The number of hydrogen-bond acceptors (Lipinski definition) is 0. The topological polar surface area (TPSA) is 0 Å². The van der Waals surface area contributed by atoms with E-state index in [4.69, 9.17) is 0 Å². The van der Waals surface area contributed by atoms with E-state index in [-0.39, 0.29) is 0 Å². The van der Waals surface area contributed by atoms with E-state index in [1.165, 1.54) is 43.8 Å². The van der Waals surface area contributed by atoms with Crippen LogP contribution in [0.25, 0.3) is 21.5 Å². The Balaban J connectivity index is 2.71. The molecule has 0 heteroatoms. The third-order valence-corrected chi connectivity index (χ3v) is 4.10. The molecule has 0 N–H and O–H groups in total. The lowest BCUT2D eigenvalue weighted by Gasteiger charge is -2.15. The Kier molecular flexibility index (Phi) is 2.41. The van der Waals surface area contributed by atoms with Crippen molar-refractivity contribution in [1.29, 1.82) is 0 Å². The van der Waals surface area contributed by atoms with Crippen LogP contribution < -0.4 is 0 Å². The Morgan fingerprint density at radius 2 is 1.00 bits per heavy atom. The van der Waals surface area contributed by atoms with Gasteiger partial charge in [-0.2, -0.15) is 0 Å². The molecule has 0 fully saturated rings. The molecule has 0 saturated heterocycles. The molecule has 0 atom stereocenters. The fraction of sp³-hybridized carbons (Fsp3) is 0.222. The summed E-state index contributed by atoms with van der Waals surface area (Å²) in [4.78, 5) is 0. The minimum atomic E-state index is 1.37. The molecular weight excluding hydrogens is 216 g/mol. The molecule has 3 aromatic carbocycles. The van der Waals surface area contributed by atoms with Crippen molar-refractivity contribution in [1.82, 2.24) is 0 Å². The molecule has 0 radical (unpaired) electrons. The molecule has 0 unspecified atom stereocenters. The first-order chi connectivity index (χ1) is 8.61. The van der Waals surface area contributed by atoms with Crippen LogP contribution in [0, 0.1) is 27.7 Å². The van der Waals surface area contributed by atoms with E-state index < -0.39 is 0 Å². The van der Waals surface area contributed by atoms with Crippen LogP contribution in [0.5, 0.6) is 0 Å². The molecule has 0 bridgehead atoms. The van der Waals surface area contributed by atoms with Gasteiger partial charge in [0.05, 0.1) is 0 Å². The maximum absolute atomic E-state index is 2.25. The number of aryl methyl sites for hydroxylation is 4. The molecule has 0 aliphatic heterocycles. The average molecular weight is 234 g/mol. The molecule has 0 spiro atoms. The van der Waals surface area contributed by atoms with Crippen LogP contribution in [0.15, 0.2) is 36.4 Å². The highest BCUT2D eigenvalue weighted by atomic mass is 14.1. The zero-order chi connectivity index (χ0) is 12.9. The summed E-state index contributed by atoms with van der Waals surface area (Å²) in [5.41, 5.74) is 5.57. The minimum absolute atomic E-state index is 1.37. The lowest BCUT2D eigenvalue weighted by Crippen LogP contribution is -1.92. The van der Waals surface area contributed by atoms with Gasteiger partial charge in [0.2, 0.25) is 0 Å². The van der Waals surface area contributed by atoms with Gasteiger partial charge in [-0.05, 0) is 71.5 Å². The zero-order valence-corrected chi connectivity index (χ0v) is 11.5. The Morgan fingerprint density at radius 3 is 1.44 bits per heavy atom. The van der Waals surface area contributed by atoms with E-state index in [1.54, 1.807) is 0 Å². The third kappa shape index (κ3) is 1.38. The van der Waals surface area contributed by atoms with Crippen LogP contribution in [0.4, 0.5) is 0 Å². The summed E-state index contributed by atoms with van der Waals surface area (Å²) in [5, 5.41) is 5.64. The van der Waals surface area contributed by atoms with Crippen molar-refractivity contribution in [2.45, 2.75) is 27.7 Å². The fourth-order valence-corrected chi connectivity index (χ4v) is 3.23. The summed E-state index contributed by atoms with van der Waals surface area (Å²) >= 11 is 0. The van der Waals surface area contributed by atoms with Crippen LogP contribution in [0.2, 0.25) is 0 Å². The summed E-state index contributed by atoms with van der Waals surface area (Å²) in [6.45, 7) is 8.91. The molecule has 18 heavy (non-hydrogen) atoms. The van der Waals surface area contributed by atoms with Crippen molar-refractivity contribution in [2.75, 3.05) is 0 Å². The Labute approximate surface area is 108 Å². The van der Waals surface area contributed by atoms with E-state index in [1.807, 2.05) is 0 Å². The van der Waals surface area contributed by atoms with Crippen molar-refractivity contribution < 1.29 is 0 Å². The highest BCUT2D eigenvalue weighted by Gasteiger charge is 2.11. The standard InChI is InChI=1S/C18H18/c1-11-7-5-9-15-13(3)16-10-6-8-12(2)18(16)14(4)17(11)15/h5-10H,1-4H3. The quantitative estimate of drug-likeness (QED) is 0.467. The lowest BCUT2D eigenvalue weighted by molar-refractivity contribution is 1.43. The molecule has 0 aromatic heterocycles. The van der Waals surface area contributed by atoms with Crippen LogP contribution in [0.3, 0.4) is 0 Å². The smallest absolute Gasteiger partial charge is 0.0116 e. The van der Waals surface area contributed by atoms with Gasteiger partial charge in [-0.25, -0.2) is 0 Å². The van der Waals surface area contributed by atoms with Gasteiger partial charge in [0, 0.05) is 0 Å². The second-order valence-electron chi connectivity index (χ2n) is 5.24. The Hall–Kier alpha value is -1.82. The largest absolute Gasteiger partial charge is 0.0614 e. The van der Waals surface area contributed by atoms with Crippen LogP contribution in [-0.2, 0) is 0 Å². The maximum atomic E-state index is 2.25. The van der Waals surface area contributed by atoms with E-state index in [0.717, 1.165) is 0 Å². The molecule has 90 valence electrons. The summed E-state index contributed by atoms with van der Waals surface area (Å²) in [6.07, 6.45) is 0. The first kappa shape index (κ1) is 11.3. The predicted octanol–water partition coefficient (Wildman–Crippen LogP) is 5.23. The highest BCUT2D eigenvalue weighted by molar-refractivity contribution is 6.07. The second-order valence-corrected chi connectivity index (χ2v) is 5.24. The molecule has 0 amide bonds. The van der Waals surface area contributed by atoms with Gasteiger partial charge < -0.3 is 0 Å². The van der Waals surface area contributed by atoms with E-state index >= 15 is 0 Å². The Bertz CT molecular complexity index is 701. The van der Waals surface area contributed by atoms with Gasteiger partial charge >= 0.3 is 0 Å². The van der Waals surface area contributed by atoms with Crippen molar-refractivity contribution in [3.8, 4) is 0 Å². The first-order valence-electron chi connectivity index (χ1n) is 6.49. The molecule has 3 aromatic rings. The second kappa shape index (κ2) is 3.84. The van der Waals surface area contributed by atoms with Crippen LogP contribution in [0.1, 0.15) is 22.3 Å². The number of fused-ring (bicyclic) bond motifs is 2. The lowest BCUT2D eigenvalue weighted by atomic mass is 9.89. The van der Waals surface area contributed by atoms with Gasteiger partial charge in [-0.15, -0.1) is 0 Å². The third-order valence-electron chi connectivity index (χ3n) is 4.10. The summed E-state index contributed by atoms with van der Waals surface area (Å²) in [7, 11) is 0. The van der Waals surface area contributed by atoms with E-state index in [9.17, 15) is 0 Å². The molecule has 3 rings (SSSR count). The zero-order valence-electron chi connectivity index (χ0n) is 11.5. The SMILES string of the molecule is Cc1c2cccc(C)c2c(C)c2c(C)cccc12. The summed E-state index contributed by atoms with van der Waals surface area (Å²) < 4.78 is 0. The number of rotatable bonds is 0. The van der Waals surface area contributed by atoms with Crippen LogP contribution >= 0.6 is 0 Å². The predicted molar refractivity (Wildman–Crippen MR) is 80.4 cm³/mol.